The second-order valence-electron chi connectivity index (χ2n) is 5.83. The van der Waals surface area contributed by atoms with Gasteiger partial charge in [0.25, 0.3) is 0 Å². The highest BCUT2D eigenvalue weighted by molar-refractivity contribution is 6.87. The van der Waals surface area contributed by atoms with E-state index < -0.39 is 25.2 Å². The van der Waals surface area contributed by atoms with Crippen molar-refractivity contribution >= 4 is 25.2 Å². The Bertz CT molecular complexity index is 150. The summed E-state index contributed by atoms with van der Waals surface area (Å²) in [6, 6.07) is 0. The highest BCUT2D eigenvalue weighted by atomic mass is 28.5. The van der Waals surface area contributed by atoms with Crippen LogP contribution >= 0.6 is 0 Å². The van der Waals surface area contributed by atoms with Crippen molar-refractivity contribution in [2.45, 2.75) is 59.8 Å². The Morgan fingerprint density at radius 3 is 0.929 bits per heavy atom. The van der Waals surface area contributed by atoms with Crippen LogP contribution in [0, 0.1) is 0 Å². The third kappa shape index (κ3) is 10.7. The van der Waals surface area contributed by atoms with Gasteiger partial charge in [0.15, 0.2) is 16.6 Å². The number of hydrogen-bond donors (Lipinski definition) is 0. The first-order valence-electron chi connectivity index (χ1n) is 4.82. The van der Waals surface area contributed by atoms with E-state index in [2.05, 4.69) is 52.4 Å². The van der Waals surface area contributed by atoms with Gasteiger partial charge in [-0.3, -0.25) is 0 Å². The zero-order chi connectivity index (χ0) is 10.9. The zero-order valence-electron chi connectivity index (χ0n) is 10.3. The molecule has 0 heterocycles. The van der Waals surface area contributed by atoms with Crippen LogP contribution in [0.15, 0.2) is 0 Å². The molecule has 0 radical (unpaired) electrons. The monoisotopic (exact) mass is 252 g/mol. The van der Waals surface area contributed by atoms with Crippen molar-refractivity contribution in [2.24, 2.45) is 0 Å². The minimum absolute atomic E-state index is 0. The van der Waals surface area contributed by atoms with E-state index in [-0.39, 0.29) is 7.43 Å². The summed E-state index contributed by atoms with van der Waals surface area (Å²) in [6.07, 6.45) is 0. The molecular weight excluding hydrogens is 224 g/mol. The standard InChI is InChI=1S/C8H24O2Si3.CH4/c1-11(2,3)9-13(7,8)10-12(4,5)6;/h1-8H3;1H4. The number of hydrogen-bond acceptors (Lipinski definition) is 2. The lowest BCUT2D eigenvalue weighted by atomic mass is 11.8. The van der Waals surface area contributed by atoms with Crippen molar-refractivity contribution in [1.29, 1.82) is 0 Å². The molecule has 0 aliphatic carbocycles. The van der Waals surface area contributed by atoms with Gasteiger partial charge in [-0.15, -0.1) is 0 Å². The first kappa shape index (κ1) is 17.0. The molecule has 0 aliphatic heterocycles. The molecule has 0 atom stereocenters. The Balaban J connectivity index is 0. The maximum absolute atomic E-state index is 6.09. The van der Waals surface area contributed by atoms with Crippen LogP contribution in [0.5, 0.6) is 0 Å². The molecule has 0 aromatic heterocycles. The summed E-state index contributed by atoms with van der Waals surface area (Å²) in [5, 5.41) is 0. The predicted octanol–water partition coefficient (Wildman–Crippen LogP) is 4.03. The lowest BCUT2D eigenvalue weighted by Gasteiger charge is -2.35. The zero-order valence-corrected chi connectivity index (χ0v) is 13.3. The highest BCUT2D eigenvalue weighted by Crippen LogP contribution is 2.19. The van der Waals surface area contributed by atoms with Crippen LogP contribution in [0.25, 0.3) is 0 Å². The van der Waals surface area contributed by atoms with E-state index in [0.717, 1.165) is 0 Å². The Morgan fingerprint density at radius 2 is 0.786 bits per heavy atom. The van der Waals surface area contributed by atoms with Crippen molar-refractivity contribution in [2.75, 3.05) is 0 Å². The first-order chi connectivity index (χ1) is 5.41. The van der Waals surface area contributed by atoms with Gasteiger partial charge in [-0.2, -0.15) is 0 Å². The molecule has 88 valence electrons. The van der Waals surface area contributed by atoms with Crippen molar-refractivity contribution in [3.05, 3.63) is 0 Å². The van der Waals surface area contributed by atoms with Crippen LogP contribution in [0.3, 0.4) is 0 Å². The van der Waals surface area contributed by atoms with Gasteiger partial charge >= 0.3 is 8.56 Å². The summed E-state index contributed by atoms with van der Waals surface area (Å²) in [7, 11) is -4.72. The molecule has 0 aromatic rings. The normalized spacial score (nSPS) is 13.7. The van der Waals surface area contributed by atoms with E-state index in [0.29, 0.717) is 0 Å². The molecule has 0 rings (SSSR count). The van der Waals surface area contributed by atoms with Crippen molar-refractivity contribution in [3.63, 3.8) is 0 Å². The maximum Gasteiger partial charge on any atom is 0.311 e. The third-order valence-electron chi connectivity index (χ3n) is 1.10. The summed E-state index contributed by atoms with van der Waals surface area (Å²) in [6.45, 7) is 17.6. The van der Waals surface area contributed by atoms with E-state index in [4.69, 9.17) is 8.23 Å². The van der Waals surface area contributed by atoms with Crippen LogP contribution in [0.2, 0.25) is 52.4 Å². The molecule has 0 aromatic carbocycles. The van der Waals surface area contributed by atoms with E-state index in [1.54, 1.807) is 0 Å². The minimum atomic E-state index is -1.85. The average molecular weight is 253 g/mol. The summed E-state index contributed by atoms with van der Waals surface area (Å²) in [5.41, 5.74) is 0. The van der Waals surface area contributed by atoms with Gasteiger partial charge < -0.3 is 8.23 Å². The van der Waals surface area contributed by atoms with Crippen LogP contribution in [-0.4, -0.2) is 25.2 Å². The molecule has 0 fully saturated rings. The molecule has 2 nitrogen and oxygen atoms in total. The largest absolute Gasteiger partial charge is 0.437 e. The average Bonchev–Trinajstić information content (AvgIpc) is 1.43. The van der Waals surface area contributed by atoms with Gasteiger partial charge in [-0.05, 0) is 52.4 Å². The Labute approximate surface area is 93.5 Å². The van der Waals surface area contributed by atoms with Crippen LogP contribution < -0.4 is 0 Å². The molecule has 0 aliphatic rings. The maximum atomic E-state index is 6.09. The molecule has 0 spiro atoms. The second kappa shape index (κ2) is 5.07. The van der Waals surface area contributed by atoms with Crippen molar-refractivity contribution < 1.29 is 8.23 Å². The molecule has 0 amide bonds. The first-order valence-corrected chi connectivity index (χ1v) is 14.4. The fraction of sp³-hybridized carbons (Fsp3) is 1.00. The highest BCUT2D eigenvalue weighted by Gasteiger charge is 2.35. The minimum Gasteiger partial charge on any atom is -0.437 e. The molecule has 0 bridgehead atoms. The topological polar surface area (TPSA) is 18.5 Å². The molecule has 0 saturated carbocycles. The summed E-state index contributed by atoms with van der Waals surface area (Å²) in [5.74, 6) is 0. The van der Waals surface area contributed by atoms with Gasteiger partial charge in [-0.25, -0.2) is 0 Å². The third-order valence-corrected chi connectivity index (χ3v) is 9.94. The van der Waals surface area contributed by atoms with Gasteiger partial charge in [0, 0.05) is 0 Å². The second-order valence-corrected chi connectivity index (χ2v) is 18.7. The fourth-order valence-corrected chi connectivity index (χ4v) is 13.8. The van der Waals surface area contributed by atoms with Gasteiger partial charge in [0.1, 0.15) is 0 Å². The Hall–Kier alpha value is 0.571. The van der Waals surface area contributed by atoms with Crippen LogP contribution in [-0.2, 0) is 8.23 Å². The summed E-state index contributed by atoms with van der Waals surface area (Å²) >= 11 is 0. The molecule has 0 saturated heterocycles. The Kier molecular flexibility index (Phi) is 6.15. The summed E-state index contributed by atoms with van der Waals surface area (Å²) < 4.78 is 12.2. The van der Waals surface area contributed by atoms with Crippen molar-refractivity contribution in [3.8, 4) is 0 Å². The van der Waals surface area contributed by atoms with Gasteiger partial charge in [0.2, 0.25) is 0 Å². The molecule has 14 heavy (non-hydrogen) atoms. The molecule has 5 heteroatoms. The molecule has 0 N–H and O–H groups in total. The van der Waals surface area contributed by atoms with Gasteiger partial charge in [-0.1, -0.05) is 7.43 Å². The van der Waals surface area contributed by atoms with E-state index in [1.165, 1.54) is 0 Å². The van der Waals surface area contributed by atoms with Crippen LogP contribution in [0.4, 0.5) is 0 Å². The number of rotatable bonds is 4. The predicted molar refractivity (Wildman–Crippen MR) is 73.1 cm³/mol. The summed E-state index contributed by atoms with van der Waals surface area (Å²) in [4.78, 5) is 0. The molecular formula is C9H28O2Si3. The lowest BCUT2D eigenvalue weighted by Crippen LogP contribution is -2.50. The lowest BCUT2D eigenvalue weighted by molar-refractivity contribution is 0.395. The van der Waals surface area contributed by atoms with E-state index in [1.807, 2.05) is 0 Å². The quantitative estimate of drug-likeness (QED) is 0.704. The van der Waals surface area contributed by atoms with E-state index >= 15 is 0 Å². The molecule has 0 unspecified atom stereocenters. The van der Waals surface area contributed by atoms with Gasteiger partial charge in [0.05, 0.1) is 0 Å². The van der Waals surface area contributed by atoms with Crippen LogP contribution in [0.1, 0.15) is 7.43 Å². The van der Waals surface area contributed by atoms with Crippen molar-refractivity contribution in [1.82, 2.24) is 0 Å². The smallest absolute Gasteiger partial charge is 0.311 e. The Morgan fingerprint density at radius 1 is 0.571 bits per heavy atom. The SMILES string of the molecule is C.C[Si](C)(C)O[Si](C)(C)O[Si](C)(C)C. The van der Waals surface area contributed by atoms with E-state index in [9.17, 15) is 0 Å². The fourth-order valence-electron chi connectivity index (χ4n) is 1.50.